The number of ketones is 1. The Hall–Kier alpha value is -1.20. The lowest BCUT2D eigenvalue weighted by Crippen LogP contribution is -2.46. The van der Waals surface area contributed by atoms with E-state index in [4.69, 9.17) is 4.74 Å². The van der Waals surface area contributed by atoms with E-state index in [1.807, 2.05) is 0 Å². The molecule has 0 unspecified atom stereocenters. The van der Waals surface area contributed by atoms with Crippen LogP contribution in [0.1, 0.15) is 27.2 Å². The van der Waals surface area contributed by atoms with Crippen LogP contribution in [0.2, 0.25) is 0 Å². The third-order valence-corrected chi connectivity index (χ3v) is 1.85. The third kappa shape index (κ3) is 2.43. The first-order chi connectivity index (χ1) is 6.64. The summed E-state index contributed by atoms with van der Waals surface area (Å²) in [4.78, 5) is 22.2. The van der Waals surface area contributed by atoms with Crippen LogP contribution in [0.25, 0.3) is 0 Å². The molecule has 0 bridgehead atoms. The van der Waals surface area contributed by atoms with E-state index in [1.165, 1.54) is 0 Å². The predicted molar refractivity (Wildman–Crippen MR) is 47.5 cm³/mol. The van der Waals surface area contributed by atoms with Crippen molar-refractivity contribution in [2.24, 2.45) is 0 Å². The Morgan fingerprint density at radius 2 is 2.00 bits per heavy atom. The van der Waals surface area contributed by atoms with Crippen molar-refractivity contribution in [2.45, 2.75) is 38.8 Å². The summed E-state index contributed by atoms with van der Waals surface area (Å²) in [5.41, 5.74) is -0.848. The molecule has 1 heterocycles. The minimum Gasteiger partial charge on any atom is -0.444 e. The fourth-order valence-corrected chi connectivity index (χ4v) is 1.18. The van der Waals surface area contributed by atoms with Gasteiger partial charge in [0.15, 0.2) is 0 Å². The summed E-state index contributed by atoms with van der Waals surface area (Å²) in [6.07, 6.45) is -1.48. The number of hydrogen-bond donors (Lipinski definition) is 0. The van der Waals surface area contributed by atoms with Crippen LogP contribution in [-0.2, 0) is 9.53 Å². The summed E-state index contributed by atoms with van der Waals surface area (Å²) >= 11 is 0. The maximum Gasteiger partial charge on any atom is 0.415 e. The van der Waals surface area contributed by atoms with Crippen LogP contribution in [-0.4, -0.2) is 35.0 Å². The Morgan fingerprint density at radius 3 is 2.33 bits per heavy atom. The lowest BCUT2D eigenvalue weighted by molar-refractivity contribution is -0.158. The Morgan fingerprint density at radius 1 is 1.47 bits per heavy atom. The summed E-state index contributed by atoms with van der Waals surface area (Å²) < 4.78 is 31.0. The smallest absolute Gasteiger partial charge is 0.415 e. The van der Waals surface area contributed by atoms with E-state index in [0.29, 0.717) is 0 Å². The van der Waals surface area contributed by atoms with Gasteiger partial charge in [-0.05, 0) is 20.8 Å². The second kappa shape index (κ2) is 3.43. The summed E-state index contributed by atoms with van der Waals surface area (Å²) in [6, 6.07) is -3.72. The number of carbonyl (C=O) groups is 2. The molecule has 0 aliphatic carbocycles. The molecule has 0 spiro atoms. The molecule has 1 aliphatic rings. The summed E-state index contributed by atoms with van der Waals surface area (Å²) in [5, 5.41) is 0. The van der Waals surface area contributed by atoms with Crippen molar-refractivity contribution in [3.8, 4) is 0 Å². The number of nitrogens with zero attached hydrogens (tertiary/aromatic N) is 1. The second-order valence-electron chi connectivity index (χ2n) is 4.35. The first kappa shape index (κ1) is 11.9. The Bertz CT molecular complexity index is 296. The van der Waals surface area contributed by atoms with Gasteiger partial charge in [0.2, 0.25) is 5.78 Å². The van der Waals surface area contributed by atoms with Crippen molar-refractivity contribution in [3.05, 3.63) is 0 Å². The van der Waals surface area contributed by atoms with Crippen LogP contribution in [0.3, 0.4) is 0 Å². The van der Waals surface area contributed by atoms with Crippen molar-refractivity contribution in [2.75, 3.05) is 6.54 Å². The second-order valence-corrected chi connectivity index (χ2v) is 4.35. The first-order valence-electron chi connectivity index (χ1n) is 4.56. The molecular formula is C9H13F2NO3. The highest BCUT2D eigenvalue weighted by molar-refractivity contribution is 5.91. The third-order valence-electron chi connectivity index (χ3n) is 1.85. The number of likely N-dealkylation sites (tertiary alicyclic amines) is 1. The van der Waals surface area contributed by atoms with Crippen molar-refractivity contribution < 1.29 is 23.1 Å². The highest BCUT2D eigenvalue weighted by Gasteiger charge is 2.53. The first-order valence-corrected chi connectivity index (χ1v) is 4.56. The molecule has 0 aromatic rings. The normalized spacial score (nSPS) is 20.6. The fraction of sp³-hybridized carbons (Fsp3) is 0.778. The molecule has 0 aromatic carbocycles. The minimum absolute atomic E-state index is 0.167. The van der Waals surface area contributed by atoms with Crippen molar-refractivity contribution >= 4 is 11.9 Å². The molecule has 0 aromatic heterocycles. The predicted octanol–water partition coefficient (Wildman–Crippen LogP) is 1.79. The minimum atomic E-state index is -3.72. The molecule has 15 heavy (non-hydrogen) atoms. The Labute approximate surface area is 86.2 Å². The summed E-state index contributed by atoms with van der Waals surface area (Å²) in [7, 11) is 0. The van der Waals surface area contributed by atoms with Crippen molar-refractivity contribution in [1.82, 2.24) is 4.90 Å². The van der Waals surface area contributed by atoms with Crippen LogP contribution in [0.4, 0.5) is 13.6 Å². The molecule has 86 valence electrons. The monoisotopic (exact) mass is 221 g/mol. The molecule has 0 N–H and O–H groups in total. The van der Waals surface area contributed by atoms with Crippen molar-refractivity contribution in [1.29, 1.82) is 0 Å². The maximum absolute atomic E-state index is 13.1. The zero-order valence-corrected chi connectivity index (χ0v) is 8.84. The van der Waals surface area contributed by atoms with E-state index in [9.17, 15) is 18.4 Å². The zero-order valence-electron chi connectivity index (χ0n) is 8.84. The highest BCUT2D eigenvalue weighted by Crippen LogP contribution is 2.30. The lowest BCUT2D eigenvalue weighted by Gasteiger charge is -2.26. The molecular weight excluding hydrogens is 208 g/mol. The van der Waals surface area contributed by atoms with Gasteiger partial charge in [-0.15, -0.1) is 0 Å². The van der Waals surface area contributed by atoms with Gasteiger partial charge in [0.25, 0.3) is 0 Å². The number of halogens is 2. The average Bonchev–Trinajstić information content (AvgIpc) is 2.23. The van der Waals surface area contributed by atoms with Gasteiger partial charge in [0.05, 0.1) is 0 Å². The topological polar surface area (TPSA) is 46.6 Å². The molecule has 1 amide bonds. The number of carbonyl (C=O) groups excluding carboxylic acids is 2. The van der Waals surface area contributed by atoms with Gasteiger partial charge in [0.1, 0.15) is 5.60 Å². The average molecular weight is 221 g/mol. The van der Waals surface area contributed by atoms with Gasteiger partial charge < -0.3 is 4.74 Å². The van der Waals surface area contributed by atoms with Crippen LogP contribution in [0.5, 0.6) is 0 Å². The van der Waals surface area contributed by atoms with Crippen LogP contribution in [0, 0.1) is 0 Å². The fourth-order valence-electron chi connectivity index (χ4n) is 1.18. The molecule has 1 fully saturated rings. The molecule has 1 rings (SSSR count). The van der Waals surface area contributed by atoms with E-state index < -0.39 is 23.5 Å². The number of ether oxygens (including phenoxy) is 1. The molecule has 6 heteroatoms. The Balaban J connectivity index is 2.74. The molecule has 4 nitrogen and oxygen atoms in total. The van der Waals surface area contributed by atoms with E-state index in [1.54, 1.807) is 20.8 Å². The van der Waals surface area contributed by atoms with Gasteiger partial charge >= 0.3 is 12.1 Å². The SMILES string of the molecule is CC(C)(C)OC(=O)N1CCC(=O)C1(F)F. The van der Waals surface area contributed by atoms with E-state index in [-0.39, 0.29) is 17.9 Å². The Kier molecular flexibility index (Phi) is 2.71. The summed E-state index contributed by atoms with van der Waals surface area (Å²) in [5.74, 6) is -1.24. The quantitative estimate of drug-likeness (QED) is 0.586. The van der Waals surface area contributed by atoms with Gasteiger partial charge in [-0.3, -0.25) is 4.79 Å². The number of amides is 1. The molecule has 1 saturated heterocycles. The number of alkyl halides is 2. The van der Waals surface area contributed by atoms with E-state index >= 15 is 0 Å². The molecule has 1 aliphatic heterocycles. The van der Waals surface area contributed by atoms with Gasteiger partial charge in [-0.1, -0.05) is 0 Å². The van der Waals surface area contributed by atoms with Crippen LogP contribution in [0.15, 0.2) is 0 Å². The standard InChI is InChI=1S/C9H13F2NO3/c1-8(2,3)15-7(14)12-5-4-6(13)9(12,10)11/h4-5H2,1-3H3. The van der Waals surface area contributed by atoms with Gasteiger partial charge in [-0.2, -0.15) is 8.78 Å². The largest absolute Gasteiger partial charge is 0.444 e. The van der Waals surface area contributed by atoms with E-state index in [2.05, 4.69) is 0 Å². The summed E-state index contributed by atoms with van der Waals surface area (Å²) in [6.45, 7) is 4.42. The van der Waals surface area contributed by atoms with Gasteiger partial charge in [-0.25, -0.2) is 9.69 Å². The lowest BCUT2D eigenvalue weighted by atomic mass is 10.2. The molecule has 0 saturated carbocycles. The van der Waals surface area contributed by atoms with Crippen molar-refractivity contribution in [3.63, 3.8) is 0 Å². The molecule has 0 atom stereocenters. The van der Waals surface area contributed by atoms with Crippen LogP contribution >= 0.6 is 0 Å². The van der Waals surface area contributed by atoms with Gasteiger partial charge in [0, 0.05) is 13.0 Å². The van der Waals surface area contributed by atoms with Crippen LogP contribution < -0.4 is 0 Å². The zero-order chi connectivity index (χ0) is 11.9. The number of hydrogen-bond acceptors (Lipinski definition) is 3. The number of rotatable bonds is 0. The van der Waals surface area contributed by atoms with E-state index in [0.717, 1.165) is 0 Å². The number of Topliss-reactive ketones (excluding diaryl/α,β-unsaturated/α-hetero) is 1. The molecule has 0 radical (unpaired) electrons. The highest BCUT2D eigenvalue weighted by atomic mass is 19.3. The maximum atomic E-state index is 13.1.